The molecule has 0 spiro atoms. The summed E-state index contributed by atoms with van der Waals surface area (Å²) in [5.41, 5.74) is 7.16. The summed E-state index contributed by atoms with van der Waals surface area (Å²) in [5, 5.41) is 11.5. The maximum absolute atomic E-state index is 9.41. The summed E-state index contributed by atoms with van der Waals surface area (Å²) in [5.74, 6) is 0. The number of hydrogen-bond donors (Lipinski definition) is 2. The molecule has 0 saturated heterocycles. The molecule has 1 aromatic rings. The van der Waals surface area contributed by atoms with Crippen LogP contribution in [0.1, 0.15) is 23.8 Å². The van der Waals surface area contributed by atoms with E-state index in [9.17, 15) is 5.11 Å². The lowest BCUT2D eigenvalue weighted by Crippen LogP contribution is -2.27. The van der Waals surface area contributed by atoms with Crippen molar-refractivity contribution in [2.24, 2.45) is 11.1 Å². The Balaban J connectivity index is 2.34. The molecule has 78 valence electrons. The molecule has 2 unspecified atom stereocenters. The van der Waals surface area contributed by atoms with Gasteiger partial charge in [0.05, 0.1) is 6.61 Å². The minimum Gasteiger partial charge on any atom is -0.396 e. The quantitative estimate of drug-likeness (QED) is 0.798. The molecule has 2 atom stereocenters. The molecule has 2 nitrogen and oxygen atoms in total. The molecule has 1 heterocycles. The lowest BCUT2D eigenvalue weighted by Gasteiger charge is -2.18. The standard InChI is InChI=1S/C11H17NOS/c1-8-3-4-14-9(8)10(2)5-11(10,6-12)7-13/h3-4,13H,5-7,12H2,1-2H3. The molecular formula is C11H17NOS. The molecule has 2 rings (SSSR count). The normalized spacial score (nSPS) is 36.0. The maximum Gasteiger partial charge on any atom is 0.0508 e. The van der Waals surface area contributed by atoms with Crippen LogP contribution >= 0.6 is 11.3 Å². The number of nitrogens with two attached hydrogens (primary N) is 1. The van der Waals surface area contributed by atoms with Gasteiger partial charge in [-0.15, -0.1) is 11.3 Å². The van der Waals surface area contributed by atoms with Crippen LogP contribution in [-0.2, 0) is 5.41 Å². The first-order valence-corrected chi connectivity index (χ1v) is 5.83. The third-order valence-electron chi connectivity index (χ3n) is 3.79. The van der Waals surface area contributed by atoms with Gasteiger partial charge in [0.25, 0.3) is 0 Å². The van der Waals surface area contributed by atoms with Gasteiger partial charge in [0.1, 0.15) is 0 Å². The molecule has 3 N–H and O–H groups in total. The van der Waals surface area contributed by atoms with E-state index < -0.39 is 0 Å². The summed E-state index contributed by atoms with van der Waals surface area (Å²) < 4.78 is 0. The van der Waals surface area contributed by atoms with Crippen molar-refractivity contribution in [1.29, 1.82) is 0 Å². The highest BCUT2D eigenvalue weighted by Crippen LogP contribution is 2.65. The van der Waals surface area contributed by atoms with E-state index in [1.54, 1.807) is 11.3 Å². The third-order valence-corrected chi connectivity index (χ3v) is 5.07. The summed E-state index contributed by atoms with van der Waals surface area (Å²) in [6.07, 6.45) is 1.02. The van der Waals surface area contributed by atoms with Crippen molar-refractivity contribution in [3.63, 3.8) is 0 Å². The van der Waals surface area contributed by atoms with Gasteiger partial charge < -0.3 is 10.8 Å². The van der Waals surface area contributed by atoms with E-state index in [1.807, 2.05) is 0 Å². The second-order valence-electron chi connectivity index (χ2n) is 4.58. The third kappa shape index (κ3) is 1.09. The van der Waals surface area contributed by atoms with E-state index in [1.165, 1.54) is 10.4 Å². The molecule has 0 bridgehead atoms. The number of hydrogen-bond acceptors (Lipinski definition) is 3. The number of aliphatic hydroxyl groups excluding tert-OH is 1. The first kappa shape index (κ1) is 10.1. The van der Waals surface area contributed by atoms with Gasteiger partial charge in [0.2, 0.25) is 0 Å². The Morgan fingerprint density at radius 3 is 2.71 bits per heavy atom. The Hall–Kier alpha value is -0.380. The molecule has 1 aromatic heterocycles. The van der Waals surface area contributed by atoms with E-state index in [0.29, 0.717) is 6.54 Å². The first-order valence-electron chi connectivity index (χ1n) is 4.95. The fourth-order valence-electron chi connectivity index (χ4n) is 2.48. The highest BCUT2D eigenvalue weighted by molar-refractivity contribution is 7.10. The number of aryl methyl sites for hydroxylation is 1. The first-order chi connectivity index (χ1) is 6.59. The molecule has 1 aliphatic rings. The lowest BCUT2D eigenvalue weighted by molar-refractivity contribution is 0.199. The fraction of sp³-hybridized carbons (Fsp3) is 0.636. The van der Waals surface area contributed by atoms with Gasteiger partial charge in [0.15, 0.2) is 0 Å². The molecule has 1 saturated carbocycles. The predicted octanol–water partition coefficient (Wildman–Crippen LogP) is 1.66. The van der Waals surface area contributed by atoms with Gasteiger partial charge in [-0.25, -0.2) is 0 Å². The number of rotatable bonds is 3. The molecule has 1 aliphatic carbocycles. The lowest BCUT2D eigenvalue weighted by atomic mass is 9.92. The van der Waals surface area contributed by atoms with Crippen LogP contribution in [0.2, 0.25) is 0 Å². The largest absolute Gasteiger partial charge is 0.396 e. The zero-order valence-corrected chi connectivity index (χ0v) is 9.53. The van der Waals surface area contributed by atoms with Crippen molar-refractivity contribution in [2.75, 3.05) is 13.2 Å². The Kier molecular flexibility index (Phi) is 2.21. The Morgan fingerprint density at radius 2 is 2.36 bits per heavy atom. The van der Waals surface area contributed by atoms with Gasteiger partial charge in [-0.3, -0.25) is 0 Å². The molecule has 0 radical (unpaired) electrons. The molecule has 0 aromatic carbocycles. The van der Waals surface area contributed by atoms with Crippen LogP contribution < -0.4 is 5.73 Å². The zero-order valence-electron chi connectivity index (χ0n) is 8.71. The van der Waals surface area contributed by atoms with E-state index in [2.05, 4.69) is 25.3 Å². The van der Waals surface area contributed by atoms with E-state index in [-0.39, 0.29) is 17.4 Å². The minimum absolute atomic E-state index is 0.0530. The van der Waals surface area contributed by atoms with Gasteiger partial charge >= 0.3 is 0 Å². The van der Waals surface area contributed by atoms with Gasteiger partial charge in [-0.2, -0.15) is 0 Å². The summed E-state index contributed by atoms with van der Waals surface area (Å²) in [6, 6.07) is 2.14. The van der Waals surface area contributed by atoms with Gasteiger partial charge in [-0.1, -0.05) is 6.92 Å². The average molecular weight is 211 g/mol. The van der Waals surface area contributed by atoms with E-state index in [0.717, 1.165) is 6.42 Å². The van der Waals surface area contributed by atoms with Gasteiger partial charge in [-0.05, 0) is 30.4 Å². The van der Waals surface area contributed by atoms with Crippen molar-refractivity contribution >= 4 is 11.3 Å². The predicted molar refractivity (Wildman–Crippen MR) is 59.6 cm³/mol. The highest BCUT2D eigenvalue weighted by Gasteiger charge is 2.64. The van der Waals surface area contributed by atoms with Crippen molar-refractivity contribution in [3.8, 4) is 0 Å². The van der Waals surface area contributed by atoms with Crippen LogP contribution in [0.25, 0.3) is 0 Å². The molecule has 0 aliphatic heterocycles. The summed E-state index contributed by atoms with van der Waals surface area (Å²) in [6.45, 7) is 5.14. The Bertz CT molecular complexity index is 343. The number of thiophene rings is 1. The monoisotopic (exact) mass is 211 g/mol. The van der Waals surface area contributed by atoms with Crippen molar-refractivity contribution in [1.82, 2.24) is 0 Å². The highest BCUT2D eigenvalue weighted by atomic mass is 32.1. The van der Waals surface area contributed by atoms with Crippen LogP contribution in [0.5, 0.6) is 0 Å². The zero-order chi connectivity index (χ0) is 10.4. The molecule has 3 heteroatoms. The van der Waals surface area contributed by atoms with Crippen LogP contribution in [-0.4, -0.2) is 18.3 Å². The summed E-state index contributed by atoms with van der Waals surface area (Å²) in [4.78, 5) is 1.40. The summed E-state index contributed by atoms with van der Waals surface area (Å²) in [7, 11) is 0. The molecule has 0 amide bonds. The smallest absolute Gasteiger partial charge is 0.0508 e. The maximum atomic E-state index is 9.41. The van der Waals surface area contributed by atoms with Crippen LogP contribution in [0.3, 0.4) is 0 Å². The van der Waals surface area contributed by atoms with Crippen molar-refractivity contribution < 1.29 is 5.11 Å². The van der Waals surface area contributed by atoms with Crippen LogP contribution in [0.15, 0.2) is 11.4 Å². The van der Waals surface area contributed by atoms with Crippen molar-refractivity contribution in [3.05, 3.63) is 21.9 Å². The second-order valence-corrected chi connectivity index (χ2v) is 5.50. The topological polar surface area (TPSA) is 46.2 Å². The SMILES string of the molecule is Cc1ccsc1C1(C)CC1(CN)CO. The molecule has 14 heavy (non-hydrogen) atoms. The van der Waals surface area contributed by atoms with Gasteiger partial charge in [0, 0.05) is 22.3 Å². The molecule has 1 fully saturated rings. The Labute approximate surface area is 88.8 Å². The second kappa shape index (κ2) is 3.05. The minimum atomic E-state index is -0.0530. The summed E-state index contributed by atoms with van der Waals surface area (Å²) >= 11 is 1.79. The number of aliphatic hydroxyl groups is 1. The average Bonchev–Trinajstić information content (AvgIpc) is 2.53. The van der Waals surface area contributed by atoms with E-state index in [4.69, 9.17) is 5.73 Å². The fourth-order valence-corrected chi connectivity index (χ4v) is 3.70. The Morgan fingerprint density at radius 1 is 1.64 bits per heavy atom. The van der Waals surface area contributed by atoms with Crippen LogP contribution in [0.4, 0.5) is 0 Å². The van der Waals surface area contributed by atoms with Crippen LogP contribution in [0, 0.1) is 12.3 Å². The van der Waals surface area contributed by atoms with Crippen molar-refractivity contribution in [2.45, 2.75) is 25.7 Å². The molecular weight excluding hydrogens is 194 g/mol. The van der Waals surface area contributed by atoms with E-state index >= 15 is 0 Å².